The second kappa shape index (κ2) is 4.34. The number of nitrogens with zero attached hydrogens (tertiary/aromatic N) is 1. The molecule has 3 nitrogen and oxygen atoms in total. The minimum Gasteiger partial charge on any atom is -0.390 e. The quantitative estimate of drug-likeness (QED) is 0.790. The van der Waals surface area contributed by atoms with Crippen LogP contribution in [0.5, 0.6) is 0 Å². The van der Waals surface area contributed by atoms with E-state index in [1.807, 2.05) is 6.07 Å². The van der Waals surface area contributed by atoms with Crippen LogP contribution in [0.4, 0.5) is 8.78 Å². The summed E-state index contributed by atoms with van der Waals surface area (Å²) in [4.78, 5) is 0. The van der Waals surface area contributed by atoms with Gasteiger partial charge in [-0.25, -0.2) is 8.78 Å². The van der Waals surface area contributed by atoms with Crippen LogP contribution in [0.15, 0.2) is 24.3 Å². The summed E-state index contributed by atoms with van der Waals surface area (Å²) in [6.45, 7) is -1.31. The molecule has 0 aliphatic rings. The van der Waals surface area contributed by atoms with E-state index in [0.717, 1.165) is 0 Å². The van der Waals surface area contributed by atoms with Gasteiger partial charge in [0, 0.05) is 0 Å². The molecule has 0 amide bonds. The zero-order valence-electron chi connectivity index (χ0n) is 7.82. The summed E-state index contributed by atoms with van der Waals surface area (Å²) >= 11 is 0. The molecule has 1 aromatic carbocycles. The molecule has 0 saturated heterocycles. The predicted molar refractivity (Wildman–Crippen MR) is 50.1 cm³/mol. The van der Waals surface area contributed by atoms with Crippen LogP contribution in [0, 0.1) is 11.3 Å². The van der Waals surface area contributed by atoms with E-state index in [-0.39, 0.29) is 11.1 Å². The van der Waals surface area contributed by atoms with Crippen molar-refractivity contribution in [3.63, 3.8) is 0 Å². The van der Waals surface area contributed by atoms with Gasteiger partial charge >= 0.3 is 0 Å². The highest BCUT2D eigenvalue weighted by Gasteiger charge is 2.37. The molecule has 0 radical (unpaired) electrons. The smallest absolute Gasteiger partial charge is 0.289 e. The van der Waals surface area contributed by atoms with Crippen LogP contribution in [0.25, 0.3) is 0 Å². The van der Waals surface area contributed by atoms with Crippen molar-refractivity contribution >= 4 is 0 Å². The SMILES string of the molecule is N#Cc1cccc([C@H](N)C(F)(F)CO)c1. The fourth-order valence-electron chi connectivity index (χ4n) is 1.14. The normalized spacial score (nSPS) is 13.3. The first-order valence-electron chi connectivity index (χ1n) is 4.25. The molecule has 0 saturated carbocycles. The monoisotopic (exact) mass is 212 g/mol. The lowest BCUT2D eigenvalue weighted by Crippen LogP contribution is -2.36. The van der Waals surface area contributed by atoms with E-state index in [0.29, 0.717) is 0 Å². The molecule has 3 N–H and O–H groups in total. The lowest BCUT2D eigenvalue weighted by Gasteiger charge is -2.21. The van der Waals surface area contributed by atoms with Crippen molar-refractivity contribution in [1.29, 1.82) is 5.26 Å². The van der Waals surface area contributed by atoms with Gasteiger partial charge in [0.25, 0.3) is 5.92 Å². The molecule has 0 aromatic heterocycles. The van der Waals surface area contributed by atoms with Gasteiger partial charge in [-0.1, -0.05) is 12.1 Å². The third-order valence-electron chi connectivity index (χ3n) is 2.04. The Labute approximate surface area is 85.7 Å². The molecule has 0 aliphatic carbocycles. The van der Waals surface area contributed by atoms with Crippen LogP contribution in [-0.2, 0) is 0 Å². The zero-order valence-corrected chi connectivity index (χ0v) is 7.82. The standard InChI is InChI=1S/C10H10F2N2O/c11-10(12,6-15)9(14)8-3-1-2-7(4-8)5-13/h1-4,9,15H,6,14H2/t9-/m0/s1. The lowest BCUT2D eigenvalue weighted by molar-refractivity contribution is -0.0711. The molecule has 0 bridgehead atoms. The van der Waals surface area contributed by atoms with Gasteiger partial charge in [0.2, 0.25) is 0 Å². The lowest BCUT2D eigenvalue weighted by atomic mass is 10.0. The van der Waals surface area contributed by atoms with Crippen molar-refractivity contribution in [2.75, 3.05) is 6.61 Å². The number of hydrogen-bond donors (Lipinski definition) is 2. The molecule has 0 spiro atoms. The maximum absolute atomic E-state index is 13.0. The summed E-state index contributed by atoms with van der Waals surface area (Å²) in [7, 11) is 0. The van der Waals surface area contributed by atoms with Gasteiger partial charge in [-0.15, -0.1) is 0 Å². The number of alkyl halides is 2. The number of benzene rings is 1. The van der Waals surface area contributed by atoms with E-state index in [4.69, 9.17) is 16.1 Å². The van der Waals surface area contributed by atoms with Gasteiger partial charge in [-0.3, -0.25) is 0 Å². The minimum absolute atomic E-state index is 0.133. The molecule has 0 heterocycles. The van der Waals surface area contributed by atoms with E-state index >= 15 is 0 Å². The maximum atomic E-state index is 13.0. The Balaban J connectivity index is 3.02. The number of rotatable bonds is 3. The average Bonchev–Trinajstić information content (AvgIpc) is 2.28. The van der Waals surface area contributed by atoms with Crippen molar-refractivity contribution in [3.05, 3.63) is 35.4 Å². The van der Waals surface area contributed by atoms with Crippen molar-refractivity contribution < 1.29 is 13.9 Å². The second-order valence-corrected chi connectivity index (χ2v) is 3.13. The number of nitriles is 1. The maximum Gasteiger partial charge on any atom is 0.289 e. The van der Waals surface area contributed by atoms with Crippen molar-refractivity contribution in [2.24, 2.45) is 5.73 Å². The van der Waals surface area contributed by atoms with Crippen molar-refractivity contribution in [3.8, 4) is 6.07 Å². The van der Waals surface area contributed by atoms with E-state index < -0.39 is 18.6 Å². The third-order valence-corrected chi connectivity index (χ3v) is 2.04. The first-order valence-corrected chi connectivity index (χ1v) is 4.25. The highest BCUT2D eigenvalue weighted by molar-refractivity contribution is 5.34. The fourth-order valence-corrected chi connectivity index (χ4v) is 1.14. The molecule has 0 aliphatic heterocycles. The fraction of sp³-hybridized carbons (Fsp3) is 0.300. The zero-order chi connectivity index (χ0) is 11.5. The highest BCUT2D eigenvalue weighted by atomic mass is 19.3. The van der Waals surface area contributed by atoms with Crippen LogP contribution in [-0.4, -0.2) is 17.6 Å². The Bertz CT molecular complexity index is 387. The molecular weight excluding hydrogens is 202 g/mol. The topological polar surface area (TPSA) is 70.0 Å². The molecule has 1 rings (SSSR count). The van der Waals surface area contributed by atoms with E-state index in [9.17, 15) is 8.78 Å². The molecular formula is C10H10F2N2O. The van der Waals surface area contributed by atoms with Crippen LogP contribution in [0.2, 0.25) is 0 Å². The van der Waals surface area contributed by atoms with Crippen LogP contribution in [0.1, 0.15) is 17.2 Å². The summed E-state index contributed by atoms with van der Waals surface area (Å²) < 4.78 is 26.0. The molecule has 1 aromatic rings. The summed E-state index contributed by atoms with van der Waals surface area (Å²) in [6.07, 6.45) is 0. The summed E-state index contributed by atoms with van der Waals surface area (Å²) in [5.41, 5.74) is 5.68. The van der Waals surface area contributed by atoms with E-state index in [2.05, 4.69) is 0 Å². The Morgan fingerprint density at radius 2 is 2.20 bits per heavy atom. The van der Waals surface area contributed by atoms with Crippen molar-refractivity contribution in [2.45, 2.75) is 12.0 Å². The van der Waals surface area contributed by atoms with Crippen molar-refractivity contribution in [1.82, 2.24) is 0 Å². The Morgan fingerprint density at radius 1 is 1.53 bits per heavy atom. The van der Waals surface area contributed by atoms with E-state index in [1.165, 1.54) is 24.3 Å². The number of nitrogens with two attached hydrogens (primary N) is 1. The molecule has 15 heavy (non-hydrogen) atoms. The van der Waals surface area contributed by atoms with Gasteiger partial charge < -0.3 is 10.8 Å². The largest absolute Gasteiger partial charge is 0.390 e. The molecule has 1 atom stereocenters. The molecule has 80 valence electrons. The number of aliphatic hydroxyl groups excluding tert-OH is 1. The van der Waals surface area contributed by atoms with Crippen LogP contribution in [0.3, 0.4) is 0 Å². The average molecular weight is 212 g/mol. The molecule has 0 unspecified atom stereocenters. The summed E-state index contributed by atoms with van der Waals surface area (Å²) in [5.74, 6) is -3.38. The van der Waals surface area contributed by atoms with Gasteiger partial charge in [-0.05, 0) is 17.7 Å². The number of halogens is 2. The number of aliphatic hydroxyl groups is 1. The molecule has 5 heteroatoms. The molecule has 0 fully saturated rings. The Kier molecular flexibility index (Phi) is 3.35. The van der Waals surface area contributed by atoms with Gasteiger partial charge in [0.05, 0.1) is 17.7 Å². The number of hydrogen-bond acceptors (Lipinski definition) is 3. The van der Waals surface area contributed by atoms with Gasteiger partial charge in [0.1, 0.15) is 6.61 Å². The first kappa shape index (κ1) is 11.6. The summed E-state index contributed by atoms with van der Waals surface area (Å²) in [6, 6.07) is 5.88. The second-order valence-electron chi connectivity index (χ2n) is 3.13. The first-order chi connectivity index (χ1) is 7.01. The van der Waals surface area contributed by atoms with E-state index in [1.54, 1.807) is 0 Å². The Morgan fingerprint density at radius 3 is 2.73 bits per heavy atom. The van der Waals surface area contributed by atoms with Crippen LogP contribution >= 0.6 is 0 Å². The predicted octanol–water partition coefficient (Wildman–Crippen LogP) is 1.19. The third kappa shape index (κ3) is 2.49. The summed E-state index contributed by atoms with van der Waals surface area (Å²) in [5, 5.41) is 17.0. The Hall–Kier alpha value is -1.51. The van der Waals surface area contributed by atoms with Crippen LogP contribution < -0.4 is 5.73 Å². The van der Waals surface area contributed by atoms with Gasteiger partial charge in [0.15, 0.2) is 0 Å². The minimum atomic E-state index is -3.38. The van der Waals surface area contributed by atoms with Gasteiger partial charge in [-0.2, -0.15) is 5.26 Å². The highest BCUT2D eigenvalue weighted by Crippen LogP contribution is 2.28.